The highest BCUT2D eigenvalue weighted by Crippen LogP contribution is 2.35. The van der Waals surface area contributed by atoms with E-state index in [0.717, 1.165) is 17.3 Å². The molecule has 0 spiro atoms. The number of nitro groups is 1. The molecule has 0 N–H and O–H groups in total. The summed E-state index contributed by atoms with van der Waals surface area (Å²) in [6.45, 7) is 0. The molecule has 0 fully saturated rings. The molecule has 0 bridgehead atoms. The maximum absolute atomic E-state index is 11.1. The molecule has 1 aromatic heterocycles. The highest BCUT2D eigenvalue weighted by Gasteiger charge is 2.20. The van der Waals surface area contributed by atoms with Gasteiger partial charge in [-0.3, -0.25) is 10.1 Å². The highest BCUT2D eigenvalue weighted by molar-refractivity contribution is 6.99. The van der Waals surface area contributed by atoms with Crippen LogP contribution in [0.2, 0.25) is 0 Å². The van der Waals surface area contributed by atoms with Crippen molar-refractivity contribution >= 4 is 17.4 Å². The van der Waals surface area contributed by atoms with Crippen LogP contribution in [-0.2, 0) is 0 Å². The van der Waals surface area contributed by atoms with Gasteiger partial charge in [-0.05, 0) is 6.07 Å². The summed E-state index contributed by atoms with van der Waals surface area (Å²) >= 11 is 1.05. The normalized spacial score (nSPS) is 10.4. The maximum Gasteiger partial charge on any atom is 0.278 e. The van der Waals surface area contributed by atoms with E-state index in [1.165, 1.54) is 6.07 Å². The molecule has 1 heterocycles. The number of hydrogen-bond acceptors (Lipinski definition) is 5. The van der Waals surface area contributed by atoms with Crippen LogP contribution in [0.15, 0.2) is 54.6 Å². The summed E-state index contributed by atoms with van der Waals surface area (Å²) in [5.41, 5.74) is 2.65. The van der Waals surface area contributed by atoms with Gasteiger partial charge >= 0.3 is 0 Å². The molecular weight excluding hydrogens is 274 g/mol. The van der Waals surface area contributed by atoms with Gasteiger partial charge in [0.2, 0.25) is 0 Å². The van der Waals surface area contributed by atoms with E-state index < -0.39 is 4.92 Å². The SMILES string of the molecule is O=[N+]([O-])c1ccccc1-c1nsnc1-c1ccccc1. The lowest BCUT2D eigenvalue weighted by molar-refractivity contribution is -0.384. The third-order valence-corrected chi connectivity index (χ3v) is 3.42. The third-order valence-electron chi connectivity index (χ3n) is 2.89. The Bertz CT molecular complexity index is 756. The Morgan fingerprint density at radius 2 is 1.55 bits per heavy atom. The van der Waals surface area contributed by atoms with E-state index in [-0.39, 0.29) is 5.69 Å². The standard InChI is InChI=1S/C14H9N3O2S/c18-17(19)12-9-5-4-8-11(12)14-13(15-20-16-14)10-6-2-1-3-7-10/h1-9H. The molecule has 0 aliphatic carbocycles. The van der Waals surface area contributed by atoms with Gasteiger partial charge in [0.25, 0.3) is 5.69 Å². The van der Waals surface area contributed by atoms with Crippen molar-refractivity contribution in [2.75, 3.05) is 0 Å². The van der Waals surface area contributed by atoms with Gasteiger partial charge in [0.1, 0.15) is 11.4 Å². The van der Waals surface area contributed by atoms with Gasteiger partial charge in [-0.2, -0.15) is 8.75 Å². The molecule has 0 saturated heterocycles. The predicted molar refractivity (Wildman–Crippen MR) is 77.4 cm³/mol. The zero-order valence-electron chi connectivity index (χ0n) is 10.3. The summed E-state index contributed by atoms with van der Waals surface area (Å²) in [6.07, 6.45) is 0. The quantitative estimate of drug-likeness (QED) is 0.542. The average molecular weight is 283 g/mol. The average Bonchev–Trinajstić information content (AvgIpc) is 2.97. The van der Waals surface area contributed by atoms with E-state index in [1.54, 1.807) is 18.2 Å². The number of nitro benzene ring substituents is 1. The second-order valence-corrected chi connectivity index (χ2v) is 4.63. The summed E-state index contributed by atoms with van der Waals surface area (Å²) in [4.78, 5) is 10.7. The Morgan fingerprint density at radius 3 is 2.30 bits per heavy atom. The largest absolute Gasteiger partial charge is 0.278 e. The van der Waals surface area contributed by atoms with Crippen LogP contribution in [0.25, 0.3) is 22.5 Å². The van der Waals surface area contributed by atoms with Gasteiger partial charge in [-0.25, -0.2) is 0 Å². The fourth-order valence-electron chi connectivity index (χ4n) is 1.98. The molecule has 20 heavy (non-hydrogen) atoms. The van der Waals surface area contributed by atoms with Crippen LogP contribution in [0.1, 0.15) is 0 Å². The van der Waals surface area contributed by atoms with Crippen LogP contribution >= 0.6 is 11.7 Å². The Labute approximate surface area is 119 Å². The molecule has 0 aliphatic heterocycles. The fraction of sp³-hybridized carbons (Fsp3) is 0. The number of para-hydroxylation sites is 1. The van der Waals surface area contributed by atoms with Crippen LogP contribution < -0.4 is 0 Å². The van der Waals surface area contributed by atoms with E-state index in [2.05, 4.69) is 8.75 Å². The topological polar surface area (TPSA) is 68.9 Å². The Hall–Kier alpha value is -2.60. The zero-order chi connectivity index (χ0) is 13.9. The summed E-state index contributed by atoms with van der Waals surface area (Å²) in [5, 5.41) is 11.1. The van der Waals surface area contributed by atoms with Crippen LogP contribution in [0.5, 0.6) is 0 Å². The molecule has 3 rings (SSSR count). The first-order chi connectivity index (χ1) is 9.77. The number of nitrogens with zero attached hydrogens (tertiary/aromatic N) is 3. The molecule has 98 valence electrons. The lowest BCUT2D eigenvalue weighted by Gasteiger charge is -2.02. The lowest BCUT2D eigenvalue weighted by Crippen LogP contribution is -1.93. The molecule has 5 nitrogen and oxygen atoms in total. The van der Waals surface area contributed by atoms with Crippen molar-refractivity contribution in [3.63, 3.8) is 0 Å². The van der Waals surface area contributed by atoms with Crippen molar-refractivity contribution in [2.45, 2.75) is 0 Å². The summed E-state index contributed by atoms with van der Waals surface area (Å²) in [7, 11) is 0. The lowest BCUT2D eigenvalue weighted by atomic mass is 10.0. The monoisotopic (exact) mass is 283 g/mol. The van der Waals surface area contributed by atoms with Crippen molar-refractivity contribution in [3.8, 4) is 22.5 Å². The number of rotatable bonds is 3. The molecule has 0 amide bonds. The predicted octanol–water partition coefficient (Wildman–Crippen LogP) is 3.78. The van der Waals surface area contributed by atoms with Crippen molar-refractivity contribution in [3.05, 3.63) is 64.7 Å². The molecule has 0 saturated carbocycles. The number of hydrogen-bond donors (Lipinski definition) is 0. The summed E-state index contributed by atoms with van der Waals surface area (Å²) in [5.74, 6) is 0. The third kappa shape index (κ3) is 2.17. The molecule has 2 aromatic carbocycles. The molecule has 6 heteroatoms. The van der Waals surface area contributed by atoms with Crippen LogP contribution in [0.3, 0.4) is 0 Å². The van der Waals surface area contributed by atoms with E-state index in [9.17, 15) is 10.1 Å². The van der Waals surface area contributed by atoms with Gasteiger partial charge < -0.3 is 0 Å². The first-order valence-corrected chi connectivity index (χ1v) is 6.62. The van der Waals surface area contributed by atoms with E-state index in [0.29, 0.717) is 17.0 Å². The second kappa shape index (κ2) is 5.18. The van der Waals surface area contributed by atoms with E-state index >= 15 is 0 Å². The zero-order valence-corrected chi connectivity index (χ0v) is 11.1. The first-order valence-electron chi connectivity index (χ1n) is 5.89. The Morgan fingerprint density at radius 1 is 0.900 bits per heavy atom. The number of aromatic nitrogens is 2. The minimum atomic E-state index is -0.399. The minimum Gasteiger partial charge on any atom is -0.258 e. The smallest absolute Gasteiger partial charge is 0.258 e. The molecule has 0 atom stereocenters. The minimum absolute atomic E-state index is 0.0392. The summed E-state index contributed by atoms with van der Waals surface area (Å²) < 4.78 is 8.50. The second-order valence-electron chi connectivity index (χ2n) is 4.10. The molecule has 0 radical (unpaired) electrons. The van der Waals surface area contributed by atoms with Crippen molar-refractivity contribution in [1.82, 2.24) is 8.75 Å². The van der Waals surface area contributed by atoms with Gasteiger partial charge in [-0.1, -0.05) is 42.5 Å². The van der Waals surface area contributed by atoms with Gasteiger partial charge in [-0.15, -0.1) is 0 Å². The first kappa shape index (κ1) is 12.4. The Balaban J connectivity index is 2.18. The van der Waals surface area contributed by atoms with Crippen LogP contribution in [-0.4, -0.2) is 13.7 Å². The summed E-state index contributed by atoms with van der Waals surface area (Å²) in [6, 6.07) is 16.1. The van der Waals surface area contributed by atoms with Crippen molar-refractivity contribution < 1.29 is 4.92 Å². The molecule has 3 aromatic rings. The van der Waals surface area contributed by atoms with Crippen LogP contribution in [0, 0.1) is 10.1 Å². The highest BCUT2D eigenvalue weighted by atomic mass is 32.1. The molecule has 0 aliphatic rings. The molecular formula is C14H9N3O2S. The van der Waals surface area contributed by atoms with Crippen LogP contribution in [0.4, 0.5) is 5.69 Å². The van der Waals surface area contributed by atoms with Gasteiger partial charge in [0.05, 0.1) is 22.2 Å². The molecule has 0 unspecified atom stereocenters. The van der Waals surface area contributed by atoms with Gasteiger partial charge in [0, 0.05) is 11.6 Å². The Kier molecular flexibility index (Phi) is 3.22. The fourth-order valence-corrected chi connectivity index (χ4v) is 2.56. The van der Waals surface area contributed by atoms with E-state index in [1.807, 2.05) is 30.3 Å². The van der Waals surface area contributed by atoms with Crippen molar-refractivity contribution in [1.29, 1.82) is 0 Å². The van der Waals surface area contributed by atoms with Crippen molar-refractivity contribution in [2.24, 2.45) is 0 Å². The van der Waals surface area contributed by atoms with Gasteiger partial charge in [0.15, 0.2) is 0 Å². The number of benzene rings is 2. The van der Waals surface area contributed by atoms with E-state index in [4.69, 9.17) is 0 Å². The maximum atomic E-state index is 11.1.